The number of hydrogen-bond donors (Lipinski definition) is 1. The number of likely N-dealkylation sites (tertiary alicyclic amines) is 1. The smallest absolute Gasteiger partial charge is 0.341 e. The van der Waals surface area contributed by atoms with Crippen LogP contribution in [-0.4, -0.2) is 30.9 Å². The highest BCUT2D eigenvalue weighted by atomic mass is 35.5. The van der Waals surface area contributed by atoms with Gasteiger partial charge >= 0.3 is 6.18 Å². The molecule has 1 fully saturated rings. The number of piperidine rings is 1. The summed E-state index contributed by atoms with van der Waals surface area (Å²) in [6.07, 6.45) is -2.87. The number of carbonyl (C=O) groups excluding carboxylic acids is 1. The number of likely N-dealkylation sites (N-methyl/N-ethyl adjacent to an activating group) is 1. The molecular formula is C20H20ClF3N2O. The van der Waals surface area contributed by atoms with Crippen LogP contribution in [0.15, 0.2) is 48.5 Å². The Hall–Kier alpha value is -2.05. The quantitative estimate of drug-likeness (QED) is 0.814. The normalized spacial score (nSPS) is 21.1. The molecule has 1 aliphatic rings. The first kappa shape index (κ1) is 19.7. The van der Waals surface area contributed by atoms with E-state index in [4.69, 9.17) is 11.6 Å². The Morgan fingerprint density at radius 2 is 1.89 bits per heavy atom. The van der Waals surface area contributed by atoms with Gasteiger partial charge in [0.05, 0.1) is 21.7 Å². The first-order chi connectivity index (χ1) is 12.7. The molecule has 144 valence electrons. The minimum atomic E-state index is -4.50. The van der Waals surface area contributed by atoms with Crippen LogP contribution < -0.4 is 5.32 Å². The van der Waals surface area contributed by atoms with Crippen LogP contribution in [-0.2, 0) is 11.7 Å². The van der Waals surface area contributed by atoms with Crippen molar-refractivity contribution in [3.63, 3.8) is 0 Å². The summed E-state index contributed by atoms with van der Waals surface area (Å²) in [5.74, 6) is -0.479. The van der Waals surface area contributed by atoms with Crippen molar-refractivity contribution < 1.29 is 18.0 Å². The van der Waals surface area contributed by atoms with E-state index in [1.165, 1.54) is 0 Å². The summed E-state index contributed by atoms with van der Waals surface area (Å²) in [6, 6.07) is 12.4. The molecule has 0 aliphatic carbocycles. The van der Waals surface area contributed by atoms with E-state index in [0.29, 0.717) is 6.54 Å². The molecule has 0 bridgehead atoms. The molecule has 0 spiro atoms. The molecule has 1 atom stereocenters. The fourth-order valence-electron chi connectivity index (χ4n) is 3.60. The Bertz CT molecular complexity index is 826. The number of carbonyl (C=O) groups is 1. The average Bonchev–Trinajstić information content (AvgIpc) is 2.61. The maximum Gasteiger partial charge on any atom is 0.416 e. The minimum absolute atomic E-state index is 0.0354. The zero-order valence-corrected chi connectivity index (χ0v) is 15.6. The number of nitrogens with one attached hydrogen (secondary N) is 1. The molecule has 0 radical (unpaired) electrons. The van der Waals surface area contributed by atoms with E-state index < -0.39 is 23.2 Å². The lowest BCUT2D eigenvalue weighted by Gasteiger charge is -2.42. The van der Waals surface area contributed by atoms with E-state index in [-0.39, 0.29) is 10.6 Å². The summed E-state index contributed by atoms with van der Waals surface area (Å²) in [6.45, 7) is 1.53. The molecule has 1 heterocycles. The minimum Gasteiger partial charge on any atom is -0.341 e. The summed E-state index contributed by atoms with van der Waals surface area (Å²) >= 11 is 6.00. The number of hydrogen-bond acceptors (Lipinski definition) is 2. The van der Waals surface area contributed by atoms with Crippen molar-refractivity contribution in [2.24, 2.45) is 0 Å². The Labute approximate surface area is 161 Å². The number of nitrogens with zero attached hydrogens (tertiary/aromatic N) is 1. The molecule has 1 unspecified atom stereocenters. The maximum atomic E-state index is 12.9. The lowest BCUT2D eigenvalue weighted by atomic mass is 9.82. The summed E-state index contributed by atoms with van der Waals surface area (Å²) in [5.41, 5.74) is -0.488. The highest BCUT2D eigenvalue weighted by Gasteiger charge is 2.38. The van der Waals surface area contributed by atoms with Gasteiger partial charge < -0.3 is 10.2 Å². The van der Waals surface area contributed by atoms with Crippen molar-refractivity contribution in [1.82, 2.24) is 10.2 Å². The van der Waals surface area contributed by atoms with Gasteiger partial charge in [0.1, 0.15) is 0 Å². The van der Waals surface area contributed by atoms with Gasteiger partial charge in [0.15, 0.2) is 0 Å². The Morgan fingerprint density at radius 3 is 2.48 bits per heavy atom. The summed E-state index contributed by atoms with van der Waals surface area (Å²) < 4.78 is 38.5. The molecule has 1 saturated heterocycles. The predicted octanol–water partition coefficient (Wildman–Crippen LogP) is 4.71. The Balaban J connectivity index is 1.92. The van der Waals surface area contributed by atoms with Gasteiger partial charge in [-0.05, 0) is 50.2 Å². The van der Waals surface area contributed by atoms with Gasteiger partial charge in [-0.3, -0.25) is 4.79 Å². The maximum absolute atomic E-state index is 12.9. The number of halogens is 4. The third-order valence-electron chi connectivity index (χ3n) is 4.90. The van der Waals surface area contributed by atoms with Crippen molar-refractivity contribution in [2.75, 3.05) is 20.1 Å². The van der Waals surface area contributed by atoms with Gasteiger partial charge in [0.2, 0.25) is 0 Å². The molecule has 1 N–H and O–H groups in total. The van der Waals surface area contributed by atoms with Crippen molar-refractivity contribution in [3.05, 3.63) is 70.2 Å². The Morgan fingerprint density at radius 1 is 1.19 bits per heavy atom. The largest absolute Gasteiger partial charge is 0.416 e. The lowest BCUT2D eigenvalue weighted by Crippen LogP contribution is -2.55. The first-order valence-electron chi connectivity index (χ1n) is 8.65. The molecular weight excluding hydrogens is 377 g/mol. The highest BCUT2D eigenvalue weighted by molar-refractivity contribution is 6.33. The second kappa shape index (κ2) is 7.52. The molecule has 1 amide bonds. The molecule has 0 saturated carbocycles. The van der Waals surface area contributed by atoms with E-state index in [2.05, 4.69) is 10.2 Å². The third kappa shape index (κ3) is 4.28. The van der Waals surface area contributed by atoms with E-state index in [1.807, 2.05) is 37.4 Å². The Kier molecular flexibility index (Phi) is 5.49. The highest BCUT2D eigenvalue weighted by Crippen LogP contribution is 2.34. The zero-order valence-electron chi connectivity index (χ0n) is 14.8. The van der Waals surface area contributed by atoms with Gasteiger partial charge in [-0.15, -0.1) is 0 Å². The van der Waals surface area contributed by atoms with E-state index in [1.54, 1.807) is 0 Å². The lowest BCUT2D eigenvalue weighted by molar-refractivity contribution is -0.137. The molecule has 2 aromatic carbocycles. The van der Waals surface area contributed by atoms with Crippen LogP contribution in [0.4, 0.5) is 13.2 Å². The third-order valence-corrected chi connectivity index (χ3v) is 5.22. The van der Waals surface area contributed by atoms with Crippen LogP contribution in [0.3, 0.4) is 0 Å². The molecule has 27 heavy (non-hydrogen) atoms. The second-order valence-electron chi connectivity index (χ2n) is 6.94. The van der Waals surface area contributed by atoms with Crippen molar-refractivity contribution in [3.8, 4) is 0 Å². The number of rotatable bonds is 3. The van der Waals surface area contributed by atoms with Crippen LogP contribution in [0, 0.1) is 0 Å². The molecule has 3 rings (SSSR count). The molecule has 7 heteroatoms. The van der Waals surface area contributed by atoms with E-state index >= 15 is 0 Å². The van der Waals surface area contributed by atoms with Gasteiger partial charge in [-0.25, -0.2) is 0 Å². The first-order valence-corrected chi connectivity index (χ1v) is 9.02. The van der Waals surface area contributed by atoms with Crippen molar-refractivity contribution >= 4 is 17.5 Å². The summed E-state index contributed by atoms with van der Waals surface area (Å²) in [7, 11) is 1.98. The van der Waals surface area contributed by atoms with Crippen LogP contribution >= 0.6 is 11.6 Å². The number of amides is 1. The fourth-order valence-corrected chi connectivity index (χ4v) is 3.86. The van der Waals surface area contributed by atoms with Gasteiger partial charge in [0, 0.05) is 6.54 Å². The van der Waals surface area contributed by atoms with Crippen molar-refractivity contribution in [1.29, 1.82) is 0 Å². The van der Waals surface area contributed by atoms with E-state index in [9.17, 15) is 18.0 Å². The zero-order chi connectivity index (χ0) is 19.7. The van der Waals surface area contributed by atoms with Gasteiger partial charge in [-0.1, -0.05) is 41.9 Å². The van der Waals surface area contributed by atoms with Gasteiger partial charge in [0.25, 0.3) is 5.91 Å². The van der Waals surface area contributed by atoms with Crippen LogP contribution in [0.25, 0.3) is 0 Å². The van der Waals surface area contributed by atoms with Gasteiger partial charge in [-0.2, -0.15) is 13.2 Å². The predicted molar refractivity (Wildman–Crippen MR) is 98.8 cm³/mol. The summed E-state index contributed by atoms with van der Waals surface area (Å²) in [4.78, 5) is 15.0. The van der Waals surface area contributed by atoms with Crippen LogP contribution in [0.1, 0.15) is 34.3 Å². The molecule has 2 aromatic rings. The molecule has 1 aliphatic heterocycles. The van der Waals surface area contributed by atoms with Crippen LogP contribution in [0.2, 0.25) is 5.02 Å². The fraction of sp³-hybridized carbons (Fsp3) is 0.350. The SMILES string of the molecule is CN1CCCC(NC(=O)c2ccc(C(F)(F)F)cc2Cl)(c2ccccc2)C1. The summed E-state index contributed by atoms with van der Waals surface area (Å²) in [5, 5.41) is 2.83. The molecule has 3 nitrogen and oxygen atoms in total. The monoisotopic (exact) mass is 396 g/mol. The average molecular weight is 397 g/mol. The van der Waals surface area contributed by atoms with Crippen molar-refractivity contribution in [2.45, 2.75) is 24.6 Å². The number of alkyl halides is 3. The second-order valence-corrected chi connectivity index (χ2v) is 7.34. The number of benzene rings is 2. The van der Waals surface area contributed by atoms with E-state index in [0.717, 1.165) is 43.1 Å². The van der Waals surface area contributed by atoms with Crippen LogP contribution in [0.5, 0.6) is 0 Å². The molecule has 0 aromatic heterocycles. The topological polar surface area (TPSA) is 32.3 Å². The standard InChI is InChI=1S/C20H20ClF3N2O/c1-26-11-5-10-19(13-26,14-6-3-2-4-7-14)25-18(27)16-9-8-15(12-17(16)21)20(22,23)24/h2-4,6-9,12H,5,10-11,13H2,1H3,(H,25,27).